The van der Waals surface area contributed by atoms with Crippen LogP contribution >= 0.6 is 0 Å². The highest BCUT2D eigenvalue weighted by Crippen LogP contribution is 2.17. The highest BCUT2D eigenvalue weighted by molar-refractivity contribution is 5.19. The lowest BCUT2D eigenvalue weighted by Gasteiger charge is -2.16. The molecule has 2 aromatic heterocycles. The fourth-order valence-electron chi connectivity index (χ4n) is 2.13. The lowest BCUT2D eigenvalue weighted by atomic mass is 10.0. The van der Waals surface area contributed by atoms with Crippen molar-refractivity contribution >= 4 is 0 Å². The standard InChI is InChI=1S/C14H20N4/c1-4-12-9-13(18(3)17-12)10-14(15-2)11-5-7-16-8-6-11/h5-9,14-15H,4,10H2,1-3H3. The van der Waals surface area contributed by atoms with Crippen LogP contribution in [-0.2, 0) is 19.9 Å². The highest BCUT2D eigenvalue weighted by atomic mass is 15.3. The minimum atomic E-state index is 0.299. The Balaban J connectivity index is 2.18. The Bertz CT molecular complexity index is 490. The van der Waals surface area contributed by atoms with Crippen LogP contribution in [0.15, 0.2) is 30.6 Å². The molecule has 2 heterocycles. The summed E-state index contributed by atoms with van der Waals surface area (Å²) in [5.74, 6) is 0. The summed E-state index contributed by atoms with van der Waals surface area (Å²) in [7, 11) is 4.00. The predicted octanol–water partition coefficient (Wildman–Crippen LogP) is 1.88. The molecule has 0 aromatic carbocycles. The van der Waals surface area contributed by atoms with E-state index in [0.29, 0.717) is 6.04 Å². The third-order valence-corrected chi connectivity index (χ3v) is 3.26. The molecule has 0 spiro atoms. The van der Waals surface area contributed by atoms with Gasteiger partial charge in [-0.25, -0.2) is 0 Å². The minimum absolute atomic E-state index is 0.299. The van der Waals surface area contributed by atoms with Crippen LogP contribution in [0.1, 0.15) is 29.9 Å². The quantitative estimate of drug-likeness (QED) is 0.873. The molecule has 2 aromatic rings. The van der Waals surface area contributed by atoms with Crippen molar-refractivity contribution in [3.05, 3.63) is 47.5 Å². The van der Waals surface area contributed by atoms with Crippen molar-refractivity contribution in [1.82, 2.24) is 20.1 Å². The maximum atomic E-state index is 4.49. The number of hydrogen-bond acceptors (Lipinski definition) is 3. The third kappa shape index (κ3) is 2.76. The fourth-order valence-corrected chi connectivity index (χ4v) is 2.13. The Morgan fingerprint density at radius 2 is 2.06 bits per heavy atom. The molecule has 4 heteroatoms. The van der Waals surface area contributed by atoms with Gasteiger partial charge in [-0.3, -0.25) is 9.67 Å². The molecular formula is C14H20N4. The molecule has 0 radical (unpaired) electrons. The molecule has 2 rings (SSSR count). The molecule has 0 aliphatic carbocycles. The molecule has 0 bridgehead atoms. The zero-order valence-corrected chi connectivity index (χ0v) is 11.2. The Kier molecular flexibility index (Phi) is 4.10. The topological polar surface area (TPSA) is 42.7 Å². The summed E-state index contributed by atoms with van der Waals surface area (Å²) in [4.78, 5) is 4.06. The van der Waals surface area contributed by atoms with Gasteiger partial charge >= 0.3 is 0 Å². The largest absolute Gasteiger partial charge is 0.313 e. The number of nitrogens with zero attached hydrogens (tertiary/aromatic N) is 3. The zero-order chi connectivity index (χ0) is 13.0. The molecule has 4 nitrogen and oxygen atoms in total. The fraction of sp³-hybridized carbons (Fsp3) is 0.429. The first-order valence-corrected chi connectivity index (χ1v) is 6.33. The van der Waals surface area contributed by atoms with Crippen molar-refractivity contribution in [2.45, 2.75) is 25.8 Å². The lowest BCUT2D eigenvalue weighted by Crippen LogP contribution is -2.20. The third-order valence-electron chi connectivity index (χ3n) is 3.26. The van der Waals surface area contributed by atoms with Gasteiger partial charge in [-0.1, -0.05) is 6.92 Å². The smallest absolute Gasteiger partial charge is 0.0624 e. The van der Waals surface area contributed by atoms with E-state index < -0.39 is 0 Å². The maximum absolute atomic E-state index is 4.49. The van der Waals surface area contributed by atoms with Gasteiger partial charge in [0.25, 0.3) is 0 Å². The molecule has 1 unspecified atom stereocenters. The van der Waals surface area contributed by atoms with Crippen LogP contribution in [0.25, 0.3) is 0 Å². The summed E-state index contributed by atoms with van der Waals surface area (Å²) in [6.07, 6.45) is 5.58. The van der Waals surface area contributed by atoms with Crippen LogP contribution in [-0.4, -0.2) is 21.8 Å². The van der Waals surface area contributed by atoms with Crippen molar-refractivity contribution in [1.29, 1.82) is 0 Å². The van der Waals surface area contributed by atoms with E-state index in [9.17, 15) is 0 Å². The molecule has 96 valence electrons. The van der Waals surface area contributed by atoms with Gasteiger partial charge in [0.2, 0.25) is 0 Å². The molecule has 1 N–H and O–H groups in total. The summed E-state index contributed by atoms with van der Waals surface area (Å²) in [6.45, 7) is 2.13. The first-order valence-electron chi connectivity index (χ1n) is 6.33. The molecule has 0 saturated carbocycles. The van der Waals surface area contributed by atoms with Gasteiger partial charge < -0.3 is 5.32 Å². The average molecular weight is 244 g/mol. The van der Waals surface area contributed by atoms with E-state index in [4.69, 9.17) is 0 Å². The van der Waals surface area contributed by atoms with E-state index in [1.54, 1.807) is 0 Å². The Morgan fingerprint density at radius 3 is 2.61 bits per heavy atom. The summed E-state index contributed by atoms with van der Waals surface area (Å²) in [6, 6.07) is 6.59. The van der Waals surface area contributed by atoms with Gasteiger partial charge in [0.1, 0.15) is 0 Å². The molecule has 1 atom stereocenters. The number of aromatic nitrogens is 3. The average Bonchev–Trinajstić information content (AvgIpc) is 2.77. The second-order valence-corrected chi connectivity index (χ2v) is 4.43. The highest BCUT2D eigenvalue weighted by Gasteiger charge is 2.13. The van der Waals surface area contributed by atoms with Gasteiger partial charge in [-0.2, -0.15) is 5.10 Å². The number of likely N-dealkylation sites (N-methyl/N-ethyl adjacent to an activating group) is 1. The van der Waals surface area contributed by atoms with Crippen molar-refractivity contribution in [3.63, 3.8) is 0 Å². The van der Waals surface area contributed by atoms with E-state index in [1.165, 1.54) is 11.3 Å². The van der Waals surface area contributed by atoms with Crippen LogP contribution in [0.2, 0.25) is 0 Å². The molecule has 0 aliphatic rings. The number of rotatable bonds is 5. The van der Waals surface area contributed by atoms with Crippen LogP contribution in [0, 0.1) is 0 Å². The van der Waals surface area contributed by atoms with E-state index in [1.807, 2.05) is 31.2 Å². The van der Waals surface area contributed by atoms with Gasteiger partial charge in [0.05, 0.1) is 5.69 Å². The molecule has 0 amide bonds. The van der Waals surface area contributed by atoms with Crippen molar-refractivity contribution in [2.24, 2.45) is 7.05 Å². The van der Waals surface area contributed by atoms with Gasteiger partial charge in [0, 0.05) is 37.6 Å². The van der Waals surface area contributed by atoms with E-state index in [-0.39, 0.29) is 0 Å². The second-order valence-electron chi connectivity index (χ2n) is 4.43. The van der Waals surface area contributed by atoms with Crippen LogP contribution in [0.3, 0.4) is 0 Å². The number of pyridine rings is 1. The number of nitrogens with one attached hydrogen (secondary N) is 1. The molecule has 0 saturated heterocycles. The molecular weight excluding hydrogens is 224 g/mol. The first-order chi connectivity index (χ1) is 8.74. The first kappa shape index (κ1) is 12.8. The minimum Gasteiger partial charge on any atom is -0.313 e. The van der Waals surface area contributed by atoms with Crippen LogP contribution < -0.4 is 5.32 Å². The Morgan fingerprint density at radius 1 is 1.33 bits per heavy atom. The zero-order valence-electron chi connectivity index (χ0n) is 11.2. The van der Waals surface area contributed by atoms with Crippen molar-refractivity contribution in [3.8, 4) is 0 Å². The van der Waals surface area contributed by atoms with Crippen molar-refractivity contribution in [2.75, 3.05) is 7.05 Å². The maximum Gasteiger partial charge on any atom is 0.0624 e. The summed E-state index contributed by atoms with van der Waals surface area (Å²) >= 11 is 0. The summed E-state index contributed by atoms with van der Waals surface area (Å²) in [5.41, 5.74) is 3.66. The van der Waals surface area contributed by atoms with Gasteiger partial charge in [-0.15, -0.1) is 0 Å². The van der Waals surface area contributed by atoms with Gasteiger partial charge in [0.15, 0.2) is 0 Å². The van der Waals surface area contributed by atoms with E-state index in [2.05, 4.69) is 40.5 Å². The van der Waals surface area contributed by atoms with Crippen LogP contribution in [0.5, 0.6) is 0 Å². The number of hydrogen-bond donors (Lipinski definition) is 1. The van der Waals surface area contributed by atoms with E-state index >= 15 is 0 Å². The predicted molar refractivity (Wildman–Crippen MR) is 72.3 cm³/mol. The lowest BCUT2D eigenvalue weighted by molar-refractivity contribution is 0.560. The van der Waals surface area contributed by atoms with Gasteiger partial charge in [-0.05, 0) is 37.2 Å². The Hall–Kier alpha value is -1.68. The van der Waals surface area contributed by atoms with E-state index in [0.717, 1.165) is 18.5 Å². The number of aryl methyl sites for hydroxylation is 2. The van der Waals surface area contributed by atoms with Crippen molar-refractivity contribution < 1.29 is 0 Å². The second kappa shape index (κ2) is 5.78. The van der Waals surface area contributed by atoms with Crippen LogP contribution in [0.4, 0.5) is 0 Å². The molecule has 0 aliphatic heterocycles. The molecule has 0 fully saturated rings. The molecule has 18 heavy (non-hydrogen) atoms. The Labute approximate surface area is 108 Å². The SMILES string of the molecule is CCc1cc(CC(NC)c2ccncc2)n(C)n1. The summed E-state index contributed by atoms with van der Waals surface area (Å²) < 4.78 is 1.98. The monoisotopic (exact) mass is 244 g/mol. The summed E-state index contributed by atoms with van der Waals surface area (Å²) in [5, 5.41) is 7.84. The normalized spacial score (nSPS) is 12.6.